The number of rotatable bonds is 4. The SMILES string of the molecule is CCNC(=O)Nc1nc2cc(-c3cncnc3)c(=O)n(C(C)C)c2s1. The van der Waals surface area contributed by atoms with Crippen LogP contribution >= 0.6 is 11.3 Å². The number of hydrogen-bond acceptors (Lipinski definition) is 6. The van der Waals surface area contributed by atoms with Crippen LogP contribution in [0.5, 0.6) is 0 Å². The lowest BCUT2D eigenvalue weighted by Crippen LogP contribution is -2.28. The summed E-state index contributed by atoms with van der Waals surface area (Å²) in [5, 5.41) is 5.79. The summed E-state index contributed by atoms with van der Waals surface area (Å²) in [6.07, 6.45) is 4.61. The van der Waals surface area contributed by atoms with Crippen molar-refractivity contribution in [2.75, 3.05) is 11.9 Å². The van der Waals surface area contributed by atoms with Gasteiger partial charge in [-0.25, -0.2) is 19.7 Å². The first-order chi connectivity index (χ1) is 12.0. The Morgan fingerprint density at radius 3 is 2.68 bits per heavy atom. The molecule has 8 nitrogen and oxygen atoms in total. The Morgan fingerprint density at radius 2 is 2.04 bits per heavy atom. The number of aromatic nitrogens is 4. The number of pyridine rings is 1. The van der Waals surface area contributed by atoms with E-state index in [9.17, 15) is 9.59 Å². The van der Waals surface area contributed by atoms with Crippen LogP contribution in [0, 0.1) is 0 Å². The van der Waals surface area contributed by atoms with E-state index in [1.165, 1.54) is 17.7 Å². The number of carbonyl (C=O) groups is 1. The lowest BCUT2D eigenvalue weighted by atomic mass is 10.1. The second kappa shape index (κ2) is 6.98. The summed E-state index contributed by atoms with van der Waals surface area (Å²) in [5.74, 6) is 0. The van der Waals surface area contributed by atoms with Gasteiger partial charge in [-0.15, -0.1) is 0 Å². The van der Waals surface area contributed by atoms with Gasteiger partial charge in [-0.1, -0.05) is 11.3 Å². The van der Waals surface area contributed by atoms with Crippen molar-refractivity contribution in [3.63, 3.8) is 0 Å². The highest BCUT2D eigenvalue weighted by molar-refractivity contribution is 7.22. The number of amides is 2. The molecule has 3 aromatic heterocycles. The molecule has 2 amide bonds. The zero-order valence-corrected chi connectivity index (χ0v) is 14.9. The van der Waals surface area contributed by atoms with Crippen LogP contribution < -0.4 is 16.2 Å². The number of fused-ring (bicyclic) bond motifs is 1. The molecule has 0 aromatic carbocycles. The highest BCUT2D eigenvalue weighted by Gasteiger charge is 2.18. The van der Waals surface area contributed by atoms with Crippen molar-refractivity contribution in [2.45, 2.75) is 26.8 Å². The molecule has 0 atom stereocenters. The summed E-state index contributed by atoms with van der Waals surface area (Å²) in [4.78, 5) is 37.8. The number of nitrogens with zero attached hydrogens (tertiary/aromatic N) is 4. The minimum atomic E-state index is -0.323. The maximum atomic E-state index is 12.9. The molecule has 9 heteroatoms. The summed E-state index contributed by atoms with van der Waals surface area (Å²) in [6.45, 7) is 6.22. The molecule has 0 aliphatic carbocycles. The highest BCUT2D eigenvalue weighted by atomic mass is 32.1. The van der Waals surface area contributed by atoms with Gasteiger partial charge in [0.25, 0.3) is 5.56 Å². The van der Waals surface area contributed by atoms with Gasteiger partial charge >= 0.3 is 6.03 Å². The van der Waals surface area contributed by atoms with E-state index < -0.39 is 0 Å². The summed E-state index contributed by atoms with van der Waals surface area (Å²) in [5.41, 5.74) is 1.63. The number of hydrogen-bond donors (Lipinski definition) is 2. The van der Waals surface area contributed by atoms with E-state index in [0.29, 0.717) is 33.2 Å². The summed E-state index contributed by atoms with van der Waals surface area (Å²) in [6, 6.07) is 1.34. The van der Waals surface area contributed by atoms with E-state index in [1.54, 1.807) is 23.0 Å². The average Bonchev–Trinajstić information content (AvgIpc) is 2.96. The molecule has 130 valence electrons. The van der Waals surface area contributed by atoms with E-state index in [0.717, 1.165) is 0 Å². The third-order valence-corrected chi connectivity index (χ3v) is 4.52. The fourth-order valence-electron chi connectivity index (χ4n) is 2.48. The molecule has 0 bridgehead atoms. The lowest BCUT2D eigenvalue weighted by molar-refractivity contribution is 0.252. The molecule has 0 radical (unpaired) electrons. The van der Waals surface area contributed by atoms with Crippen molar-refractivity contribution in [3.05, 3.63) is 35.1 Å². The highest BCUT2D eigenvalue weighted by Crippen LogP contribution is 2.29. The Hall–Kier alpha value is -2.81. The fourth-order valence-corrected chi connectivity index (χ4v) is 3.55. The van der Waals surface area contributed by atoms with Crippen molar-refractivity contribution in [1.29, 1.82) is 0 Å². The number of urea groups is 1. The predicted octanol–water partition coefficient (Wildman–Crippen LogP) is 2.64. The molecular formula is C16H18N6O2S. The summed E-state index contributed by atoms with van der Waals surface area (Å²) >= 11 is 1.27. The molecule has 3 heterocycles. The van der Waals surface area contributed by atoms with E-state index in [2.05, 4.69) is 25.6 Å². The van der Waals surface area contributed by atoms with Crippen molar-refractivity contribution in [1.82, 2.24) is 24.8 Å². The molecule has 0 unspecified atom stereocenters. The average molecular weight is 358 g/mol. The van der Waals surface area contributed by atoms with Crippen LogP contribution in [0.2, 0.25) is 0 Å². The van der Waals surface area contributed by atoms with Gasteiger partial charge in [0.05, 0.1) is 5.56 Å². The van der Waals surface area contributed by atoms with Crippen molar-refractivity contribution >= 4 is 32.8 Å². The predicted molar refractivity (Wildman–Crippen MR) is 98.0 cm³/mol. The minimum Gasteiger partial charge on any atom is -0.338 e. The molecule has 3 aromatic rings. The quantitative estimate of drug-likeness (QED) is 0.746. The zero-order chi connectivity index (χ0) is 18.0. The molecule has 0 aliphatic rings. The Labute approximate surface area is 148 Å². The van der Waals surface area contributed by atoms with E-state index in [4.69, 9.17) is 0 Å². The number of anilines is 1. The molecule has 0 fully saturated rings. The van der Waals surface area contributed by atoms with Gasteiger partial charge in [-0.05, 0) is 26.8 Å². The van der Waals surface area contributed by atoms with Gasteiger partial charge in [0, 0.05) is 30.5 Å². The Kier molecular flexibility index (Phi) is 4.75. The van der Waals surface area contributed by atoms with Crippen LogP contribution in [0.15, 0.2) is 29.6 Å². The Morgan fingerprint density at radius 1 is 1.32 bits per heavy atom. The van der Waals surface area contributed by atoms with Gasteiger partial charge in [-0.2, -0.15) is 0 Å². The fraction of sp³-hybridized carbons (Fsp3) is 0.312. The third kappa shape index (κ3) is 3.36. The Bertz CT molecular complexity index is 964. The maximum absolute atomic E-state index is 12.9. The van der Waals surface area contributed by atoms with Gasteiger partial charge in [0.15, 0.2) is 5.13 Å². The molecule has 0 saturated carbocycles. The number of nitrogens with one attached hydrogen (secondary N) is 2. The summed E-state index contributed by atoms with van der Waals surface area (Å²) < 4.78 is 1.68. The van der Waals surface area contributed by atoms with E-state index in [1.807, 2.05) is 20.8 Å². The third-order valence-electron chi connectivity index (χ3n) is 3.53. The monoisotopic (exact) mass is 358 g/mol. The first kappa shape index (κ1) is 17.0. The van der Waals surface area contributed by atoms with Crippen LogP contribution in [0.4, 0.5) is 9.93 Å². The first-order valence-electron chi connectivity index (χ1n) is 7.87. The molecular weight excluding hydrogens is 340 g/mol. The van der Waals surface area contributed by atoms with Gasteiger partial charge in [0.1, 0.15) is 16.7 Å². The largest absolute Gasteiger partial charge is 0.338 e. The van der Waals surface area contributed by atoms with Crippen molar-refractivity contribution in [3.8, 4) is 11.1 Å². The van der Waals surface area contributed by atoms with E-state index >= 15 is 0 Å². The van der Waals surface area contributed by atoms with Crippen LogP contribution in [0.3, 0.4) is 0 Å². The second-order valence-corrected chi connectivity index (χ2v) is 6.63. The molecule has 25 heavy (non-hydrogen) atoms. The standard InChI is InChI=1S/C16H18N6O2S/c1-4-19-15(24)21-16-20-12-5-11(10-6-17-8-18-7-10)13(23)22(9(2)3)14(12)25-16/h5-9H,4H2,1-3H3,(H2,19,20,21,24). The van der Waals surface area contributed by atoms with Crippen LogP contribution in [-0.4, -0.2) is 32.1 Å². The van der Waals surface area contributed by atoms with Crippen LogP contribution in [-0.2, 0) is 0 Å². The van der Waals surface area contributed by atoms with Crippen molar-refractivity contribution < 1.29 is 4.79 Å². The number of carbonyl (C=O) groups excluding carboxylic acids is 1. The molecule has 0 spiro atoms. The molecule has 2 N–H and O–H groups in total. The van der Waals surface area contributed by atoms with E-state index in [-0.39, 0.29) is 17.6 Å². The van der Waals surface area contributed by atoms with Gasteiger partial charge < -0.3 is 5.32 Å². The van der Waals surface area contributed by atoms with Gasteiger partial charge in [-0.3, -0.25) is 14.7 Å². The zero-order valence-electron chi connectivity index (χ0n) is 14.1. The second-order valence-electron chi connectivity index (χ2n) is 5.65. The van der Waals surface area contributed by atoms with Crippen molar-refractivity contribution in [2.24, 2.45) is 0 Å². The summed E-state index contributed by atoms with van der Waals surface area (Å²) in [7, 11) is 0. The smallest absolute Gasteiger partial charge is 0.321 e. The lowest BCUT2D eigenvalue weighted by Gasteiger charge is -2.12. The maximum Gasteiger partial charge on any atom is 0.321 e. The van der Waals surface area contributed by atoms with Crippen LogP contribution in [0.25, 0.3) is 21.5 Å². The molecule has 0 saturated heterocycles. The number of thiazole rings is 1. The molecule has 0 aliphatic heterocycles. The van der Waals surface area contributed by atoms with Gasteiger partial charge in [0.2, 0.25) is 0 Å². The molecule has 3 rings (SSSR count). The van der Waals surface area contributed by atoms with Crippen LogP contribution in [0.1, 0.15) is 26.8 Å². The topological polar surface area (TPSA) is 102 Å². The normalized spacial score (nSPS) is 11.0. The Balaban J connectivity index is 2.16. The first-order valence-corrected chi connectivity index (χ1v) is 8.69. The minimum absolute atomic E-state index is 0.0580.